The molecule has 2 aromatic rings. The maximum atomic E-state index is 13.4. The third kappa shape index (κ3) is 9.25. The van der Waals surface area contributed by atoms with E-state index in [-0.39, 0.29) is 42.9 Å². The van der Waals surface area contributed by atoms with Gasteiger partial charge in [0, 0.05) is 25.6 Å². The Balaban J connectivity index is 1.70. The summed E-state index contributed by atoms with van der Waals surface area (Å²) in [7, 11) is -3.91. The Kier molecular flexibility index (Phi) is 11.0. The molecule has 1 aliphatic rings. The molecule has 1 fully saturated rings. The molecule has 1 saturated carbocycles. The number of alkyl halides is 3. The zero-order chi connectivity index (χ0) is 29.3. The van der Waals surface area contributed by atoms with Crippen LogP contribution in [0.1, 0.15) is 63.0 Å². The summed E-state index contributed by atoms with van der Waals surface area (Å²) in [5.41, 5.74) is -0.0708. The molecule has 0 bridgehead atoms. The molecule has 1 atom stereocenters. The van der Waals surface area contributed by atoms with E-state index in [1.54, 1.807) is 6.92 Å². The summed E-state index contributed by atoms with van der Waals surface area (Å²) in [5.74, 6) is -0.547. The van der Waals surface area contributed by atoms with Crippen LogP contribution in [0.5, 0.6) is 0 Å². The summed E-state index contributed by atoms with van der Waals surface area (Å²) < 4.78 is 65.4. The van der Waals surface area contributed by atoms with Gasteiger partial charge in [0.1, 0.15) is 6.04 Å². The molecule has 0 aromatic heterocycles. The van der Waals surface area contributed by atoms with Crippen LogP contribution in [0.15, 0.2) is 54.6 Å². The molecule has 0 heterocycles. The van der Waals surface area contributed by atoms with Gasteiger partial charge in [0.15, 0.2) is 0 Å². The number of hydrogen-bond donors (Lipinski definition) is 1. The smallest absolute Gasteiger partial charge is 0.352 e. The molecule has 0 saturated heterocycles. The number of sulfonamides is 1. The van der Waals surface area contributed by atoms with E-state index in [1.165, 1.54) is 11.0 Å². The van der Waals surface area contributed by atoms with Crippen molar-refractivity contribution in [3.8, 4) is 0 Å². The minimum atomic E-state index is -4.62. The number of anilines is 1. The van der Waals surface area contributed by atoms with E-state index in [4.69, 9.17) is 0 Å². The van der Waals surface area contributed by atoms with Crippen LogP contribution in [0.4, 0.5) is 18.9 Å². The number of rotatable bonds is 12. The van der Waals surface area contributed by atoms with Gasteiger partial charge in [-0.05, 0) is 56.4 Å². The van der Waals surface area contributed by atoms with Crippen LogP contribution in [0.2, 0.25) is 0 Å². The van der Waals surface area contributed by atoms with Gasteiger partial charge < -0.3 is 10.2 Å². The number of halogens is 3. The molecular formula is C29H38F3N3O4S. The first-order chi connectivity index (χ1) is 18.9. The van der Waals surface area contributed by atoms with Crippen molar-refractivity contribution in [1.29, 1.82) is 0 Å². The van der Waals surface area contributed by atoms with Gasteiger partial charge >= 0.3 is 6.18 Å². The van der Waals surface area contributed by atoms with Gasteiger partial charge in [-0.1, -0.05) is 55.7 Å². The van der Waals surface area contributed by atoms with Crippen molar-refractivity contribution in [2.24, 2.45) is 0 Å². The summed E-state index contributed by atoms with van der Waals surface area (Å²) in [6.07, 6.45) is 1.91. The Morgan fingerprint density at radius 1 is 1.00 bits per heavy atom. The van der Waals surface area contributed by atoms with Crippen molar-refractivity contribution in [2.45, 2.75) is 76.6 Å². The molecule has 1 N–H and O–H groups in total. The Hall–Kier alpha value is -3.08. The quantitative estimate of drug-likeness (QED) is 0.375. The fraction of sp³-hybridized carbons (Fsp3) is 0.517. The molecule has 0 radical (unpaired) electrons. The minimum Gasteiger partial charge on any atom is -0.352 e. The second-order valence-electron chi connectivity index (χ2n) is 10.3. The zero-order valence-corrected chi connectivity index (χ0v) is 23.8. The first-order valence-corrected chi connectivity index (χ1v) is 15.5. The Morgan fingerprint density at radius 2 is 1.68 bits per heavy atom. The van der Waals surface area contributed by atoms with Gasteiger partial charge in [0.2, 0.25) is 21.8 Å². The number of carbonyl (C=O) groups is 2. The van der Waals surface area contributed by atoms with Crippen LogP contribution >= 0.6 is 0 Å². The third-order valence-electron chi connectivity index (χ3n) is 7.22. The lowest BCUT2D eigenvalue weighted by Crippen LogP contribution is -2.51. The van der Waals surface area contributed by atoms with E-state index in [1.807, 2.05) is 30.3 Å². The van der Waals surface area contributed by atoms with E-state index < -0.39 is 27.8 Å². The molecule has 0 aliphatic heterocycles. The highest BCUT2D eigenvalue weighted by molar-refractivity contribution is 7.92. The zero-order valence-electron chi connectivity index (χ0n) is 23.0. The summed E-state index contributed by atoms with van der Waals surface area (Å²) in [5, 5.41) is 3.07. The van der Waals surface area contributed by atoms with Gasteiger partial charge in [0.05, 0.1) is 17.5 Å². The van der Waals surface area contributed by atoms with Crippen LogP contribution in [-0.4, -0.2) is 56.6 Å². The molecule has 1 aliphatic carbocycles. The third-order valence-corrected chi connectivity index (χ3v) is 8.41. The predicted molar refractivity (Wildman–Crippen MR) is 149 cm³/mol. The Labute approximate surface area is 234 Å². The normalized spacial score (nSPS) is 15.3. The lowest BCUT2D eigenvalue weighted by molar-refractivity contribution is -0.140. The topological polar surface area (TPSA) is 86.8 Å². The van der Waals surface area contributed by atoms with Gasteiger partial charge in [0.25, 0.3) is 0 Å². The molecule has 40 heavy (non-hydrogen) atoms. The standard InChI is InChI=1S/C29H38F3N3O4S/c1-22(28(37)33-25-14-7-4-8-15-25)34(20-18-23-11-5-3-6-12-23)27(36)17-10-19-35(40(2,38)39)26-16-9-13-24(21-26)29(30,31)32/h3,5-6,9,11-13,16,21-22,25H,4,7-8,10,14-15,17-20H2,1-2H3,(H,33,37). The van der Waals surface area contributed by atoms with Crippen molar-refractivity contribution < 1.29 is 31.2 Å². The number of nitrogens with zero attached hydrogens (tertiary/aromatic N) is 2. The first kappa shape index (κ1) is 31.4. The van der Waals surface area contributed by atoms with Crippen molar-refractivity contribution in [3.05, 3.63) is 65.7 Å². The molecule has 2 amide bonds. The monoisotopic (exact) mass is 581 g/mol. The van der Waals surface area contributed by atoms with E-state index in [9.17, 15) is 31.2 Å². The molecule has 11 heteroatoms. The van der Waals surface area contributed by atoms with Crippen LogP contribution in [0.3, 0.4) is 0 Å². The minimum absolute atomic E-state index is 0.0686. The average molecular weight is 582 g/mol. The average Bonchev–Trinajstić information content (AvgIpc) is 2.91. The molecule has 220 valence electrons. The maximum Gasteiger partial charge on any atom is 0.416 e. The van der Waals surface area contributed by atoms with Crippen molar-refractivity contribution >= 4 is 27.5 Å². The van der Waals surface area contributed by atoms with E-state index in [0.717, 1.165) is 66.4 Å². The molecule has 3 rings (SSSR count). The van der Waals surface area contributed by atoms with E-state index in [0.29, 0.717) is 13.0 Å². The molecule has 1 unspecified atom stereocenters. The van der Waals surface area contributed by atoms with Gasteiger partial charge in [-0.15, -0.1) is 0 Å². The lowest BCUT2D eigenvalue weighted by atomic mass is 9.95. The van der Waals surface area contributed by atoms with Gasteiger partial charge in [-0.3, -0.25) is 13.9 Å². The number of amides is 2. The predicted octanol–water partition coefficient (Wildman–Crippen LogP) is 5.16. The second-order valence-corrected chi connectivity index (χ2v) is 12.2. The Morgan fingerprint density at radius 3 is 2.30 bits per heavy atom. The largest absolute Gasteiger partial charge is 0.416 e. The Bertz CT molecular complexity index is 1230. The van der Waals surface area contributed by atoms with Crippen LogP contribution in [0, 0.1) is 0 Å². The number of carbonyl (C=O) groups excluding carboxylic acids is 2. The molecule has 7 nitrogen and oxygen atoms in total. The summed E-state index contributed by atoms with van der Waals surface area (Å²) in [6.45, 7) is 1.80. The highest BCUT2D eigenvalue weighted by Crippen LogP contribution is 2.32. The molecule has 2 aromatic carbocycles. The van der Waals surface area contributed by atoms with Gasteiger partial charge in [-0.2, -0.15) is 13.2 Å². The van der Waals surface area contributed by atoms with E-state index in [2.05, 4.69) is 5.32 Å². The van der Waals surface area contributed by atoms with Crippen LogP contribution in [0.25, 0.3) is 0 Å². The van der Waals surface area contributed by atoms with Crippen LogP contribution < -0.4 is 9.62 Å². The number of nitrogens with one attached hydrogen (secondary N) is 1. The highest BCUT2D eigenvalue weighted by atomic mass is 32.2. The maximum absolute atomic E-state index is 13.4. The van der Waals surface area contributed by atoms with Crippen LogP contribution in [-0.2, 0) is 32.2 Å². The van der Waals surface area contributed by atoms with Crippen molar-refractivity contribution in [3.63, 3.8) is 0 Å². The summed E-state index contributed by atoms with van der Waals surface area (Å²) in [6, 6.07) is 13.0. The second kappa shape index (κ2) is 14.0. The SMILES string of the molecule is CC(C(=O)NC1CCCCC1)N(CCc1ccccc1)C(=O)CCCN(c1cccc(C(F)(F)F)c1)S(C)(=O)=O. The van der Waals surface area contributed by atoms with Crippen molar-refractivity contribution in [2.75, 3.05) is 23.7 Å². The van der Waals surface area contributed by atoms with Crippen molar-refractivity contribution in [1.82, 2.24) is 10.2 Å². The fourth-order valence-electron chi connectivity index (χ4n) is 4.98. The highest BCUT2D eigenvalue weighted by Gasteiger charge is 2.32. The lowest BCUT2D eigenvalue weighted by Gasteiger charge is -2.31. The summed E-state index contributed by atoms with van der Waals surface area (Å²) >= 11 is 0. The first-order valence-electron chi connectivity index (χ1n) is 13.6. The van der Waals surface area contributed by atoms with Gasteiger partial charge in [-0.25, -0.2) is 8.42 Å². The van der Waals surface area contributed by atoms with E-state index >= 15 is 0 Å². The number of hydrogen-bond acceptors (Lipinski definition) is 4. The number of benzene rings is 2. The molecular weight excluding hydrogens is 543 g/mol. The molecule has 0 spiro atoms. The summed E-state index contributed by atoms with van der Waals surface area (Å²) in [4.78, 5) is 28.0. The fourth-order valence-corrected chi connectivity index (χ4v) is 5.94.